The first-order chi connectivity index (χ1) is 12.3. The van der Waals surface area contributed by atoms with Crippen LogP contribution in [0.2, 0.25) is 0 Å². The normalized spacial score (nSPS) is 10.8. The zero-order valence-corrected chi connectivity index (χ0v) is 14.1. The second-order valence-electron chi connectivity index (χ2n) is 5.81. The van der Waals surface area contributed by atoms with Crippen molar-refractivity contribution in [3.63, 3.8) is 0 Å². The van der Waals surface area contributed by atoms with Gasteiger partial charge in [-0.3, -0.25) is 4.98 Å². The third kappa shape index (κ3) is 2.72. The third-order valence-electron chi connectivity index (χ3n) is 4.35. The van der Waals surface area contributed by atoms with Gasteiger partial charge in [0.2, 0.25) is 5.88 Å². The van der Waals surface area contributed by atoms with Crippen LogP contribution in [0, 0.1) is 0 Å². The largest absolute Gasteiger partial charge is 0.495 e. The van der Waals surface area contributed by atoms with Gasteiger partial charge in [0.15, 0.2) is 0 Å². The van der Waals surface area contributed by atoms with Crippen molar-refractivity contribution in [2.24, 2.45) is 0 Å². The second-order valence-corrected chi connectivity index (χ2v) is 5.81. The number of hydrogen-bond donors (Lipinski definition) is 0. The maximum Gasteiger partial charge on any atom is 0.207 e. The quantitative estimate of drug-likeness (QED) is 0.511. The first kappa shape index (κ1) is 15.3. The van der Waals surface area contributed by atoms with Crippen molar-refractivity contribution in [2.75, 3.05) is 19.1 Å². The van der Waals surface area contributed by atoms with Crippen LogP contribution in [0.4, 0.5) is 11.6 Å². The number of benzene rings is 2. The van der Waals surface area contributed by atoms with Crippen LogP contribution in [0.15, 0.2) is 77.7 Å². The zero-order chi connectivity index (χ0) is 17.2. The van der Waals surface area contributed by atoms with E-state index in [1.165, 1.54) is 0 Å². The van der Waals surface area contributed by atoms with Crippen molar-refractivity contribution in [3.8, 4) is 16.9 Å². The molecule has 0 amide bonds. The summed E-state index contributed by atoms with van der Waals surface area (Å²) in [6.07, 6.45) is 5.37. The molecule has 0 aliphatic carbocycles. The van der Waals surface area contributed by atoms with Gasteiger partial charge in [0.05, 0.1) is 12.8 Å². The monoisotopic (exact) mass is 330 g/mol. The molecule has 0 aliphatic heterocycles. The minimum atomic E-state index is 0.792. The fraction of sp³-hybridized carbons (Fsp3) is 0.0952. The summed E-state index contributed by atoms with van der Waals surface area (Å²) in [6.45, 7) is 0. The SMILES string of the molecule is COc1ccc(-c2ccncc2)cc1N(C)c1occ2ccccc12. The van der Waals surface area contributed by atoms with Gasteiger partial charge in [-0.15, -0.1) is 0 Å². The summed E-state index contributed by atoms with van der Waals surface area (Å²) in [6, 6.07) is 18.2. The summed E-state index contributed by atoms with van der Waals surface area (Å²) in [7, 11) is 3.67. The van der Waals surface area contributed by atoms with E-state index in [1.54, 1.807) is 25.8 Å². The standard InChI is InChI=1S/C21H18N2O2/c1-23(21-18-6-4-3-5-17(18)14-25-21)19-13-16(7-8-20(19)24-2)15-9-11-22-12-10-15/h3-14H,1-2H3. The van der Waals surface area contributed by atoms with Gasteiger partial charge >= 0.3 is 0 Å². The lowest BCUT2D eigenvalue weighted by atomic mass is 10.1. The average molecular weight is 330 g/mol. The lowest BCUT2D eigenvalue weighted by Crippen LogP contribution is -2.10. The van der Waals surface area contributed by atoms with Crippen LogP contribution in [-0.4, -0.2) is 19.1 Å². The van der Waals surface area contributed by atoms with Crippen molar-refractivity contribution in [2.45, 2.75) is 0 Å². The molecule has 0 N–H and O–H groups in total. The molecule has 0 unspecified atom stereocenters. The predicted molar refractivity (Wildman–Crippen MR) is 101 cm³/mol. The molecule has 0 fully saturated rings. The molecule has 4 aromatic rings. The Hall–Kier alpha value is -3.27. The van der Waals surface area contributed by atoms with Crippen molar-refractivity contribution in [3.05, 3.63) is 73.3 Å². The van der Waals surface area contributed by atoms with Crippen molar-refractivity contribution in [1.29, 1.82) is 0 Å². The van der Waals surface area contributed by atoms with E-state index in [1.807, 2.05) is 54.4 Å². The van der Waals surface area contributed by atoms with Gasteiger partial charge in [0, 0.05) is 30.2 Å². The van der Waals surface area contributed by atoms with Crippen LogP contribution in [0.25, 0.3) is 21.9 Å². The highest BCUT2D eigenvalue weighted by molar-refractivity contribution is 5.94. The second kappa shape index (κ2) is 6.32. The van der Waals surface area contributed by atoms with Crippen molar-refractivity contribution >= 4 is 22.3 Å². The Balaban J connectivity index is 1.83. The van der Waals surface area contributed by atoms with Crippen molar-refractivity contribution in [1.82, 2.24) is 4.98 Å². The number of pyridine rings is 1. The van der Waals surface area contributed by atoms with Crippen LogP contribution < -0.4 is 9.64 Å². The Morgan fingerprint density at radius 2 is 1.76 bits per heavy atom. The fourth-order valence-electron chi connectivity index (χ4n) is 3.02. The van der Waals surface area contributed by atoms with Gasteiger partial charge in [-0.1, -0.05) is 24.3 Å². The highest BCUT2D eigenvalue weighted by Gasteiger charge is 2.17. The zero-order valence-electron chi connectivity index (χ0n) is 14.1. The number of nitrogens with zero attached hydrogens (tertiary/aromatic N) is 2. The summed E-state index contributed by atoms with van der Waals surface area (Å²) in [5.74, 6) is 1.58. The number of rotatable bonds is 4. The van der Waals surface area contributed by atoms with E-state index in [0.717, 1.165) is 39.2 Å². The number of fused-ring (bicyclic) bond motifs is 1. The number of hydrogen-bond acceptors (Lipinski definition) is 4. The van der Waals surface area contributed by atoms with Gasteiger partial charge < -0.3 is 14.1 Å². The fourth-order valence-corrected chi connectivity index (χ4v) is 3.02. The van der Waals surface area contributed by atoms with Gasteiger partial charge in [-0.2, -0.15) is 0 Å². The molecular formula is C21H18N2O2. The molecule has 4 nitrogen and oxygen atoms in total. The molecule has 0 saturated carbocycles. The first-order valence-corrected chi connectivity index (χ1v) is 8.06. The Morgan fingerprint density at radius 3 is 2.56 bits per heavy atom. The number of aromatic nitrogens is 1. The molecule has 4 rings (SSSR count). The van der Waals surface area contributed by atoms with Crippen LogP contribution in [0.5, 0.6) is 5.75 Å². The molecule has 0 bridgehead atoms. The molecule has 2 heterocycles. The molecular weight excluding hydrogens is 312 g/mol. The van der Waals surface area contributed by atoms with E-state index >= 15 is 0 Å². The van der Waals surface area contributed by atoms with E-state index in [0.29, 0.717) is 0 Å². The maximum absolute atomic E-state index is 5.84. The number of furan rings is 1. The molecule has 0 saturated heterocycles. The number of anilines is 2. The van der Waals surface area contributed by atoms with E-state index in [4.69, 9.17) is 9.15 Å². The third-order valence-corrected chi connectivity index (χ3v) is 4.35. The Bertz CT molecular complexity index is 1010. The van der Waals surface area contributed by atoms with E-state index in [-0.39, 0.29) is 0 Å². The summed E-state index contributed by atoms with van der Waals surface area (Å²) in [5.41, 5.74) is 3.15. The Labute approximate surface area is 146 Å². The molecule has 0 spiro atoms. The van der Waals surface area contributed by atoms with E-state index in [9.17, 15) is 0 Å². The minimum absolute atomic E-state index is 0.792. The van der Waals surface area contributed by atoms with Crippen LogP contribution in [0.1, 0.15) is 0 Å². The molecule has 124 valence electrons. The molecule has 0 atom stereocenters. The number of methoxy groups -OCH3 is 1. The van der Waals surface area contributed by atoms with E-state index in [2.05, 4.69) is 17.1 Å². The lowest BCUT2D eigenvalue weighted by molar-refractivity contribution is 0.415. The van der Waals surface area contributed by atoms with Gasteiger partial charge in [-0.05, 0) is 41.5 Å². The summed E-state index contributed by atoms with van der Waals surface area (Å²) < 4.78 is 11.4. The first-order valence-electron chi connectivity index (χ1n) is 8.06. The van der Waals surface area contributed by atoms with Crippen LogP contribution in [-0.2, 0) is 0 Å². The molecule has 2 aromatic carbocycles. The topological polar surface area (TPSA) is 38.5 Å². The highest BCUT2D eigenvalue weighted by atomic mass is 16.5. The molecule has 0 radical (unpaired) electrons. The maximum atomic E-state index is 5.84. The molecule has 2 aromatic heterocycles. The van der Waals surface area contributed by atoms with Crippen LogP contribution in [0.3, 0.4) is 0 Å². The van der Waals surface area contributed by atoms with Crippen LogP contribution >= 0.6 is 0 Å². The Morgan fingerprint density at radius 1 is 0.960 bits per heavy atom. The molecule has 4 heteroatoms. The molecule has 25 heavy (non-hydrogen) atoms. The molecule has 0 aliphatic rings. The average Bonchev–Trinajstić information content (AvgIpc) is 3.12. The van der Waals surface area contributed by atoms with Gasteiger partial charge in [0.1, 0.15) is 12.0 Å². The minimum Gasteiger partial charge on any atom is -0.495 e. The smallest absolute Gasteiger partial charge is 0.207 e. The highest BCUT2D eigenvalue weighted by Crippen LogP contribution is 2.39. The number of ether oxygens (including phenoxy) is 1. The lowest BCUT2D eigenvalue weighted by Gasteiger charge is -2.20. The summed E-state index contributed by atoms with van der Waals surface area (Å²) in [4.78, 5) is 6.11. The Kier molecular flexibility index (Phi) is 3.86. The van der Waals surface area contributed by atoms with E-state index < -0.39 is 0 Å². The predicted octanol–water partition coefficient (Wildman–Crippen LogP) is 5.27. The van der Waals surface area contributed by atoms with Gasteiger partial charge in [0.25, 0.3) is 0 Å². The van der Waals surface area contributed by atoms with Gasteiger partial charge in [-0.25, -0.2) is 0 Å². The summed E-state index contributed by atoms with van der Waals surface area (Å²) >= 11 is 0. The van der Waals surface area contributed by atoms with Crippen molar-refractivity contribution < 1.29 is 9.15 Å². The summed E-state index contributed by atoms with van der Waals surface area (Å²) in [5, 5.41) is 2.15.